The van der Waals surface area contributed by atoms with Gasteiger partial charge in [-0.05, 0) is 26.0 Å². The first-order chi connectivity index (χ1) is 11.4. The van der Waals surface area contributed by atoms with E-state index >= 15 is 0 Å². The van der Waals surface area contributed by atoms with Crippen molar-refractivity contribution in [3.63, 3.8) is 0 Å². The third-order valence-corrected chi connectivity index (χ3v) is 3.79. The highest BCUT2D eigenvalue weighted by Crippen LogP contribution is 2.12. The lowest BCUT2D eigenvalue weighted by Gasteiger charge is -2.18. The number of ether oxygens (including phenoxy) is 1. The molecule has 0 aliphatic rings. The Balaban J connectivity index is 2.02. The number of methoxy groups -OCH3 is 1. The monoisotopic (exact) mass is 333 g/mol. The molecule has 1 N–H and O–H groups in total. The van der Waals surface area contributed by atoms with Crippen LogP contribution in [0.5, 0.6) is 0 Å². The second-order valence-electron chi connectivity index (χ2n) is 5.68. The molecule has 130 valence electrons. The summed E-state index contributed by atoms with van der Waals surface area (Å²) in [4.78, 5) is 28.1. The molecule has 0 unspecified atom stereocenters. The Morgan fingerprint density at radius 1 is 1.42 bits per heavy atom. The predicted molar refractivity (Wildman–Crippen MR) is 88.6 cm³/mol. The molecule has 8 nitrogen and oxygen atoms in total. The van der Waals surface area contributed by atoms with Crippen LogP contribution in [0.1, 0.15) is 29.5 Å². The fourth-order valence-electron chi connectivity index (χ4n) is 2.62. The minimum absolute atomic E-state index is 0.162. The van der Waals surface area contributed by atoms with Gasteiger partial charge in [-0.3, -0.25) is 14.0 Å². The lowest BCUT2D eigenvalue weighted by Crippen LogP contribution is -2.34. The normalized spacial score (nSPS) is 12.2. The number of amides is 1. The third-order valence-electron chi connectivity index (χ3n) is 3.79. The number of aromatic nitrogens is 4. The van der Waals surface area contributed by atoms with E-state index in [2.05, 4.69) is 15.4 Å². The standard InChI is InChI=1S/C16H23N5O3/c1-11-9-12(2)21(16(23)18-11)8-6-15(22)19-13(10-24-4)14-5-7-17-20(14)3/h5,7,9,13H,6,8,10H2,1-4H3,(H,19,22)/t13-/m0/s1. The summed E-state index contributed by atoms with van der Waals surface area (Å²) in [7, 11) is 3.39. The molecule has 0 radical (unpaired) electrons. The zero-order chi connectivity index (χ0) is 17.7. The second-order valence-corrected chi connectivity index (χ2v) is 5.68. The van der Waals surface area contributed by atoms with Gasteiger partial charge in [0.05, 0.1) is 18.3 Å². The summed E-state index contributed by atoms with van der Waals surface area (Å²) in [6, 6.07) is 3.37. The lowest BCUT2D eigenvalue weighted by molar-refractivity contribution is -0.122. The van der Waals surface area contributed by atoms with Crippen molar-refractivity contribution in [3.8, 4) is 0 Å². The molecule has 0 fully saturated rings. The van der Waals surface area contributed by atoms with E-state index in [0.29, 0.717) is 12.3 Å². The van der Waals surface area contributed by atoms with Gasteiger partial charge in [0.2, 0.25) is 5.91 Å². The molecule has 1 amide bonds. The maximum absolute atomic E-state index is 12.3. The molecule has 0 aromatic carbocycles. The number of carbonyl (C=O) groups excluding carboxylic acids is 1. The quantitative estimate of drug-likeness (QED) is 0.796. The Morgan fingerprint density at radius 3 is 2.75 bits per heavy atom. The molecular formula is C16H23N5O3. The average molecular weight is 333 g/mol. The average Bonchev–Trinajstić information content (AvgIpc) is 2.91. The molecule has 2 rings (SSSR count). The summed E-state index contributed by atoms with van der Waals surface area (Å²) >= 11 is 0. The van der Waals surface area contributed by atoms with E-state index in [9.17, 15) is 9.59 Å². The van der Waals surface area contributed by atoms with Crippen LogP contribution in [0, 0.1) is 13.8 Å². The molecule has 0 bridgehead atoms. The van der Waals surface area contributed by atoms with E-state index in [-0.39, 0.29) is 30.6 Å². The Bertz CT molecular complexity index is 765. The van der Waals surface area contributed by atoms with Crippen LogP contribution < -0.4 is 11.0 Å². The van der Waals surface area contributed by atoms with Crippen molar-refractivity contribution in [1.29, 1.82) is 0 Å². The molecule has 24 heavy (non-hydrogen) atoms. The molecule has 0 saturated heterocycles. The molecule has 0 spiro atoms. The number of aryl methyl sites for hydroxylation is 3. The minimum atomic E-state index is -0.333. The number of nitrogens with zero attached hydrogens (tertiary/aromatic N) is 4. The van der Waals surface area contributed by atoms with Crippen LogP contribution in [0.4, 0.5) is 0 Å². The van der Waals surface area contributed by atoms with Crippen LogP contribution in [-0.2, 0) is 23.1 Å². The van der Waals surface area contributed by atoms with Crippen molar-refractivity contribution in [2.45, 2.75) is 32.9 Å². The highest BCUT2D eigenvalue weighted by Gasteiger charge is 2.17. The van der Waals surface area contributed by atoms with E-state index in [1.54, 1.807) is 24.9 Å². The first kappa shape index (κ1) is 17.9. The van der Waals surface area contributed by atoms with Crippen molar-refractivity contribution < 1.29 is 9.53 Å². The van der Waals surface area contributed by atoms with E-state index in [0.717, 1.165) is 11.4 Å². The number of hydrogen-bond donors (Lipinski definition) is 1. The van der Waals surface area contributed by atoms with Gasteiger partial charge in [-0.25, -0.2) is 4.79 Å². The molecular weight excluding hydrogens is 310 g/mol. The van der Waals surface area contributed by atoms with Gasteiger partial charge in [0.25, 0.3) is 0 Å². The summed E-state index contributed by atoms with van der Waals surface area (Å²) in [5.41, 5.74) is 1.99. The van der Waals surface area contributed by atoms with Crippen LogP contribution in [-0.4, -0.2) is 39.0 Å². The lowest BCUT2D eigenvalue weighted by atomic mass is 10.2. The second kappa shape index (κ2) is 7.87. The van der Waals surface area contributed by atoms with Crippen molar-refractivity contribution in [1.82, 2.24) is 24.6 Å². The van der Waals surface area contributed by atoms with Crippen LogP contribution >= 0.6 is 0 Å². The van der Waals surface area contributed by atoms with Gasteiger partial charge in [0.1, 0.15) is 0 Å². The van der Waals surface area contributed by atoms with Gasteiger partial charge in [0.15, 0.2) is 0 Å². The Kier molecular flexibility index (Phi) is 5.86. The fraction of sp³-hybridized carbons (Fsp3) is 0.500. The highest BCUT2D eigenvalue weighted by atomic mass is 16.5. The SMILES string of the molecule is COC[C@H](NC(=O)CCn1c(C)cc(C)nc1=O)c1ccnn1C. The first-order valence-corrected chi connectivity index (χ1v) is 7.73. The Labute approximate surface area is 140 Å². The fourth-order valence-corrected chi connectivity index (χ4v) is 2.62. The molecule has 0 saturated carbocycles. The molecule has 1 atom stereocenters. The predicted octanol–water partition coefficient (Wildman–Crippen LogP) is 0.488. The maximum Gasteiger partial charge on any atom is 0.347 e. The van der Waals surface area contributed by atoms with Crippen LogP contribution in [0.2, 0.25) is 0 Å². The third kappa shape index (κ3) is 4.29. The van der Waals surface area contributed by atoms with E-state index in [4.69, 9.17) is 4.74 Å². The topological polar surface area (TPSA) is 91.0 Å². The number of carbonyl (C=O) groups is 1. The molecule has 2 aromatic rings. The summed E-state index contributed by atoms with van der Waals surface area (Å²) in [5.74, 6) is -0.162. The van der Waals surface area contributed by atoms with Crippen molar-refractivity contribution in [2.24, 2.45) is 7.05 Å². The molecule has 0 aliphatic heterocycles. The Morgan fingerprint density at radius 2 is 2.17 bits per heavy atom. The highest BCUT2D eigenvalue weighted by molar-refractivity contribution is 5.76. The van der Waals surface area contributed by atoms with Gasteiger partial charge in [0, 0.05) is 44.7 Å². The summed E-state index contributed by atoms with van der Waals surface area (Å²) in [6.45, 7) is 4.23. The number of hydrogen-bond acceptors (Lipinski definition) is 5. The van der Waals surface area contributed by atoms with Crippen LogP contribution in [0.3, 0.4) is 0 Å². The zero-order valence-corrected chi connectivity index (χ0v) is 14.4. The molecule has 0 aliphatic carbocycles. The van der Waals surface area contributed by atoms with E-state index in [1.807, 2.05) is 26.1 Å². The van der Waals surface area contributed by atoms with Gasteiger partial charge in [-0.1, -0.05) is 0 Å². The summed E-state index contributed by atoms with van der Waals surface area (Å²) < 4.78 is 8.38. The van der Waals surface area contributed by atoms with Crippen LogP contribution in [0.15, 0.2) is 23.1 Å². The summed E-state index contributed by atoms with van der Waals surface area (Å²) in [6.07, 6.45) is 1.86. The van der Waals surface area contributed by atoms with Gasteiger partial charge >= 0.3 is 5.69 Å². The summed E-state index contributed by atoms with van der Waals surface area (Å²) in [5, 5.41) is 7.03. The van der Waals surface area contributed by atoms with Gasteiger partial charge in [-0.15, -0.1) is 0 Å². The number of rotatable bonds is 7. The zero-order valence-electron chi connectivity index (χ0n) is 14.4. The van der Waals surface area contributed by atoms with Gasteiger partial charge in [-0.2, -0.15) is 10.1 Å². The number of nitrogens with one attached hydrogen (secondary N) is 1. The van der Waals surface area contributed by atoms with Gasteiger partial charge < -0.3 is 10.1 Å². The van der Waals surface area contributed by atoms with Crippen molar-refractivity contribution in [3.05, 3.63) is 45.9 Å². The molecule has 2 heterocycles. The van der Waals surface area contributed by atoms with E-state index in [1.165, 1.54) is 4.57 Å². The van der Waals surface area contributed by atoms with Crippen molar-refractivity contribution in [2.75, 3.05) is 13.7 Å². The Hall–Kier alpha value is -2.48. The maximum atomic E-state index is 12.3. The minimum Gasteiger partial charge on any atom is -0.382 e. The molecule has 2 aromatic heterocycles. The van der Waals surface area contributed by atoms with Crippen LogP contribution in [0.25, 0.3) is 0 Å². The first-order valence-electron chi connectivity index (χ1n) is 7.73. The molecule has 8 heteroatoms. The smallest absolute Gasteiger partial charge is 0.347 e. The van der Waals surface area contributed by atoms with E-state index < -0.39 is 0 Å². The van der Waals surface area contributed by atoms with Crippen molar-refractivity contribution >= 4 is 5.91 Å². The largest absolute Gasteiger partial charge is 0.382 e.